The van der Waals surface area contributed by atoms with Gasteiger partial charge in [-0.05, 0) is 36.5 Å². The minimum Gasteiger partial charge on any atom is -0.491 e. The lowest BCUT2D eigenvalue weighted by molar-refractivity contribution is -0.194. The Morgan fingerprint density at radius 3 is 2.37 bits per heavy atom. The second-order valence-electron chi connectivity index (χ2n) is 5.41. The number of hydrogen-bond donors (Lipinski definition) is 0. The Bertz CT molecular complexity index is 464. The zero-order valence-electron chi connectivity index (χ0n) is 10.9. The summed E-state index contributed by atoms with van der Waals surface area (Å²) in [5, 5.41) is 0.365. The van der Waals surface area contributed by atoms with Gasteiger partial charge in [-0.1, -0.05) is 31.5 Å². The molecule has 0 spiro atoms. The normalized spacial score (nSPS) is 17.6. The molecule has 1 aliphatic rings. The molecule has 1 aromatic rings. The maximum absolute atomic E-state index is 12.8. The fourth-order valence-corrected chi connectivity index (χ4v) is 2.11. The monoisotopic (exact) mass is 292 g/mol. The van der Waals surface area contributed by atoms with Crippen molar-refractivity contribution >= 4 is 11.6 Å². The number of benzene rings is 1. The van der Waals surface area contributed by atoms with Crippen molar-refractivity contribution in [3.63, 3.8) is 0 Å². The number of rotatable bonds is 4. The van der Waals surface area contributed by atoms with Crippen LogP contribution in [0.15, 0.2) is 18.2 Å². The van der Waals surface area contributed by atoms with E-state index in [-0.39, 0.29) is 19.4 Å². The molecule has 1 fully saturated rings. The van der Waals surface area contributed by atoms with E-state index in [9.17, 15) is 13.2 Å². The first-order valence-electron chi connectivity index (χ1n) is 6.24. The molecule has 0 heterocycles. The van der Waals surface area contributed by atoms with E-state index in [1.807, 2.05) is 19.9 Å². The van der Waals surface area contributed by atoms with Crippen LogP contribution in [-0.2, 0) is 0 Å². The second kappa shape index (κ2) is 4.89. The van der Waals surface area contributed by atoms with Gasteiger partial charge in [0.05, 0.1) is 5.02 Å². The van der Waals surface area contributed by atoms with Crippen LogP contribution in [0.1, 0.15) is 38.2 Å². The van der Waals surface area contributed by atoms with Crippen molar-refractivity contribution in [2.45, 2.75) is 38.8 Å². The predicted molar refractivity (Wildman–Crippen MR) is 68.8 cm³/mol. The molecule has 1 nitrogen and oxygen atoms in total. The minimum atomic E-state index is -4.20. The van der Waals surface area contributed by atoms with E-state index in [1.165, 1.54) is 0 Å². The molecule has 1 saturated carbocycles. The summed E-state index contributed by atoms with van der Waals surface area (Å²) in [6.07, 6.45) is -3.92. The highest BCUT2D eigenvalue weighted by Crippen LogP contribution is 2.57. The van der Waals surface area contributed by atoms with Crippen molar-refractivity contribution in [1.29, 1.82) is 0 Å². The molecule has 0 aromatic heterocycles. The molecule has 0 bridgehead atoms. The first-order valence-corrected chi connectivity index (χ1v) is 6.62. The molecule has 1 aliphatic carbocycles. The highest BCUT2D eigenvalue weighted by molar-refractivity contribution is 6.32. The van der Waals surface area contributed by atoms with Gasteiger partial charge in [-0.15, -0.1) is 0 Å². The van der Waals surface area contributed by atoms with Crippen LogP contribution in [0.4, 0.5) is 13.2 Å². The van der Waals surface area contributed by atoms with Crippen LogP contribution in [0, 0.1) is 5.41 Å². The molecule has 19 heavy (non-hydrogen) atoms. The van der Waals surface area contributed by atoms with E-state index in [2.05, 4.69) is 0 Å². The first-order chi connectivity index (χ1) is 8.75. The molecule has 0 amide bonds. The van der Waals surface area contributed by atoms with Crippen LogP contribution >= 0.6 is 11.6 Å². The molecule has 0 saturated heterocycles. The van der Waals surface area contributed by atoms with Gasteiger partial charge in [-0.2, -0.15) is 13.2 Å². The average molecular weight is 293 g/mol. The summed E-state index contributed by atoms with van der Waals surface area (Å²) in [6.45, 7) is 3.70. The third kappa shape index (κ3) is 2.99. The van der Waals surface area contributed by atoms with Crippen molar-refractivity contribution in [1.82, 2.24) is 0 Å². The van der Waals surface area contributed by atoms with Crippen molar-refractivity contribution < 1.29 is 17.9 Å². The molecular weight excluding hydrogens is 277 g/mol. The van der Waals surface area contributed by atoms with E-state index in [0.29, 0.717) is 16.7 Å². The fraction of sp³-hybridized carbons (Fsp3) is 0.571. The molecule has 0 atom stereocenters. The Hall–Kier alpha value is -0.900. The highest BCUT2D eigenvalue weighted by atomic mass is 35.5. The average Bonchev–Trinajstić information content (AvgIpc) is 3.07. The molecule has 0 aliphatic heterocycles. The Balaban J connectivity index is 2.05. The van der Waals surface area contributed by atoms with Gasteiger partial charge in [-0.25, -0.2) is 0 Å². The number of alkyl halides is 3. The summed E-state index contributed by atoms with van der Waals surface area (Å²) in [5.41, 5.74) is -0.623. The third-order valence-electron chi connectivity index (χ3n) is 3.58. The van der Waals surface area contributed by atoms with Crippen molar-refractivity contribution in [3.8, 4) is 5.75 Å². The third-order valence-corrected chi connectivity index (χ3v) is 3.88. The van der Waals surface area contributed by atoms with E-state index in [1.54, 1.807) is 12.1 Å². The topological polar surface area (TPSA) is 9.23 Å². The summed E-state index contributed by atoms with van der Waals surface area (Å²) in [6, 6.07) is 5.22. The predicted octanol–water partition coefficient (Wildman–Crippen LogP) is 5.18. The lowest BCUT2D eigenvalue weighted by Gasteiger charge is -2.20. The summed E-state index contributed by atoms with van der Waals surface area (Å²) >= 11 is 6.03. The number of hydrogen-bond acceptors (Lipinski definition) is 1. The smallest absolute Gasteiger partial charge is 0.397 e. The quantitative estimate of drug-likeness (QED) is 0.742. The lowest BCUT2D eigenvalue weighted by Crippen LogP contribution is -2.30. The van der Waals surface area contributed by atoms with Crippen LogP contribution < -0.4 is 4.74 Å². The molecule has 2 rings (SSSR count). The Kier molecular flexibility index (Phi) is 3.74. The highest BCUT2D eigenvalue weighted by Gasteiger charge is 2.63. The Morgan fingerprint density at radius 1 is 1.32 bits per heavy atom. The second-order valence-corrected chi connectivity index (χ2v) is 5.82. The standard InChI is InChI=1S/C14H16ClF3O/c1-9(2)10-3-4-12(11(15)7-10)19-8-13(5-6-13)14(16,17)18/h3-4,7,9H,5-6,8H2,1-2H3. The van der Waals surface area contributed by atoms with Crippen molar-refractivity contribution in [3.05, 3.63) is 28.8 Å². The van der Waals surface area contributed by atoms with Gasteiger partial charge in [-0.3, -0.25) is 0 Å². The summed E-state index contributed by atoms with van der Waals surface area (Å²) in [7, 11) is 0. The van der Waals surface area contributed by atoms with Crippen molar-refractivity contribution in [2.75, 3.05) is 6.61 Å². The van der Waals surface area contributed by atoms with Crippen LogP contribution in [-0.4, -0.2) is 12.8 Å². The van der Waals surface area contributed by atoms with Gasteiger partial charge < -0.3 is 4.74 Å². The van der Waals surface area contributed by atoms with Gasteiger partial charge in [0.15, 0.2) is 0 Å². The molecule has 0 N–H and O–H groups in total. The van der Waals surface area contributed by atoms with E-state index < -0.39 is 11.6 Å². The molecule has 106 valence electrons. The maximum atomic E-state index is 12.8. The van der Waals surface area contributed by atoms with Gasteiger partial charge >= 0.3 is 6.18 Å². The van der Waals surface area contributed by atoms with Gasteiger partial charge in [0.1, 0.15) is 17.8 Å². The van der Waals surface area contributed by atoms with E-state index in [0.717, 1.165) is 5.56 Å². The van der Waals surface area contributed by atoms with Crippen LogP contribution in [0.25, 0.3) is 0 Å². The summed E-state index contributed by atoms with van der Waals surface area (Å²) in [4.78, 5) is 0. The van der Waals surface area contributed by atoms with Crippen LogP contribution in [0.5, 0.6) is 5.75 Å². The first kappa shape index (κ1) is 14.5. The van der Waals surface area contributed by atoms with E-state index >= 15 is 0 Å². The van der Waals surface area contributed by atoms with Crippen LogP contribution in [0.2, 0.25) is 5.02 Å². The largest absolute Gasteiger partial charge is 0.491 e. The van der Waals surface area contributed by atoms with Gasteiger partial charge in [0.25, 0.3) is 0 Å². The van der Waals surface area contributed by atoms with E-state index in [4.69, 9.17) is 16.3 Å². The van der Waals surface area contributed by atoms with Crippen LogP contribution in [0.3, 0.4) is 0 Å². The SMILES string of the molecule is CC(C)c1ccc(OCC2(C(F)(F)F)CC2)c(Cl)c1. The maximum Gasteiger partial charge on any atom is 0.397 e. The molecular formula is C14H16ClF3O. The molecule has 1 aromatic carbocycles. The Morgan fingerprint density at radius 2 is 1.95 bits per heavy atom. The van der Waals surface area contributed by atoms with Gasteiger partial charge in [0.2, 0.25) is 0 Å². The van der Waals surface area contributed by atoms with Gasteiger partial charge in [0, 0.05) is 0 Å². The van der Waals surface area contributed by atoms with Crippen molar-refractivity contribution in [2.24, 2.45) is 5.41 Å². The number of halogens is 4. The molecule has 0 radical (unpaired) electrons. The summed E-state index contributed by atoms with van der Waals surface area (Å²) in [5.74, 6) is 0.637. The summed E-state index contributed by atoms with van der Waals surface area (Å²) < 4.78 is 43.5. The zero-order chi connectivity index (χ0) is 14.3. The minimum absolute atomic E-state index is 0.137. The lowest BCUT2D eigenvalue weighted by atomic mass is 10.0. The molecule has 0 unspecified atom stereocenters. The molecule has 5 heteroatoms. The fourth-order valence-electron chi connectivity index (χ4n) is 1.87. The zero-order valence-corrected chi connectivity index (χ0v) is 11.6. The number of ether oxygens (including phenoxy) is 1. The Labute approximate surface area is 115 Å².